The van der Waals surface area contributed by atoms with E-state index in [4.69, 9.17) is 0 Å². The maximum Gasteiger partial charge on any atom is 0.123 e. The van der Waals surface area contributed by atoms with Crippen LogP contribution in [-0.4, -0.2) is 31.1 Å². The molecule has 0 amide bonds. The van der Waals surface area contributed by atoms with Gasteiger partial charge in [-0.05, 0) is 24.1 Å². The van der Waals surface area contributed by atoms with Gasteiger partial charge in [-0.1, -0.05) is 19.1 Å². The van der Waals surface area contributed by atoms with Gasteiger partial charge in [-0.15, -0.1) is 0 Å². The molecule has 1 aromatic carbocycles. The van der Waals surface area contributed by atoms with Crippen LogP contribution in [0.2, 0.25) is 0 Å². The summed E-state index contributed by atoms with van der Waals surface area (Å²) < 4.78 is 12.9. The number of rotatable bonds is 3. The zero-order chi connectivity index (χ0) is 11.4. The van der Waals surface area contributed by atoms with Crippen molar-refractivity contribution in [1.82, 2.24) is 10.2 Å². The summed E-state index contributed by atoms with van der Waals surface area (Å²) in [4.78, 5) is 2.48. The number of hydrogen-bond acceptors (Lipinski definition) is 2. The van der Waals surface area contributed by atoms with Gasteiger partial charge in [0.2, 0.25) is 0 Å². The number of halogens is 1. The smallest absolute Gasteiger partial charge is 0.123 e. The predicted molar refractivity (Wildman–Crippen MR) is 63.9 cm³/mol. The highest BCUT2D eigenvalue weighted by atomic mass is 19.1. The van der Waals surface area contributed by atoms with E-state index in [0.29, 0.717) is 6.04 Å². The van der Waals surface area contributed by atoms with E-state index in [1.807, 2.05) is 12.1 Å². The van der Waals surface area contributed by atoms with Gasteiger partial charge in [0.05, 0.1) is 0 Å². The van der Waals surface area contributed by atoms with E-state index in [1.165, 1.54) is 5.56 Å². The molecule has 1 N–H and O–H groups in total. The van der Waals surface area contributed by atoms with Crippen LogP contribution < -0.4 is 5.32 Å². The van der Waals surface area contributed by atoms with Crippen molar-refractivity contribution in [3.63, 3.8) is 0 Å². The Hall–Kier alpha value is -0.930. The van der Waals surface area contributed by atoms with Crippen molar-refractivity contribution >= 4 is 0 Å². The fraction of sp³-hybridized carbons (Fsp3) is 0.538. The summed E-state index contributed by atoms with van der Waals surface area (Å²) in [6.07, 6.45) is 1.08. The molecule has 1 atom stereocenters. The van der Waals surface area contributed by atoms with Crippen LogP contribution in [0, 0.1) is 5.82 Å². The number of hydrogen-bond donors (Lipinski definition) is 1. The zero-order valence-corrected chi connectivity index (χ0v) is 9.75. The summed E-state index contributed by atoms with van der Waals surface area (Å²) in [6.45, 7) is 6.46. The molecule has 1 fully saturated rings. The molecule has 0 aliphatic carbocycles. The lowest BCUT2D eigenvalue weighted by Gasteiger charge is -2.34. The van der Waals surface area contributed by atoms with Gasteiger partial charge in [0.1, 0.15) is 5.82 Å². The number of nitrogens with zero attached hydrogens (tertiary/aromatic N) is 1. The van der Waals surface area contributed by atoms with Gasteiger partial charge in [0, 0.05) is 32.2 Å². The Balaban J connectivity index is 2.11. The Kier molecular flexibility index (Phi) is 3.91. The molecule has 88 valence electrons. The second kappa shape index (κ2) is 5.41. The Bertz CT molecular complexity index is 317. The first kappa shape index (κ1) is 11.6. The molecular formula is C13H19FN2. The minimum atomic E-state index is -0.154. The first-order chi connectivity index (χ1) is 7.81. The zero-order valence-electron chi connectivity index (χ0n) is 9.75. The summed E-state index contributed by atoms with van der Waals surface area (Å²) >= 11 is 0. The first-order valence-electron chi connectivity index (χ1n) is 6.01. The largest absolute Gasteiger partial charge is 0.314 e. The molecule has 2 rings (SSSR count). The average Bonchev–Trinajstić information content (AvgIpc) is 2.34. The van der Waals surface area contributed by atoms with Crippen molar-refractivity contribution < 1.29 is 4.39 Å². The van der Waals surface area contributed by atoms with E-state index >= 15 is 0 Å². The highest BCUT2D eigenvalue weighted by Crippen LogP contribution is 2.24. The quantitative estimate of drug-likeness (QED) is 0.843. The van der Waals surface area contributed by atoms with Gasteiger partial charge in [-0.3, -0.25) is 4.90 Å². The van der Waals surface area contributed by atoms with Crippen LogP contribution in [0.5, 0.6) is 0 Å². The summed E-state index contributed by atoms with van der Waals surface area (Å²) in [5.41, 5.74) is 1.23. The summed E-state index contributed by atoms with van der Waals surface area (Å²) in [7, 11) is 0. The molecule has 0 saturated carbocycles. The molecule has 1 aromatic rings. The minimum Gasteiger partial charge on any atom is -0.314 e. The van der Waals surface area contributed by atoms with Gasteiger partial charge in [0.15, 0.2) is 0 Å². The first-order valence-corrected chi connectivity index (χ1v) is 6.01. The molecule has 1 heterocycles. The van der Waals surface area contributed by atoms with Gasteiger partial charge in [0.25, 0.3) is 0 Å². The third-order valence-electron chi connectivity index (χ3n) is 3.23. The normalized spacial score (nSPS) is 19.6. The molecule has 0 spiro atoms. The molecule has 1 saturated heterocycles. The SMILES string of the molecule is CC[C@@H](c1ccc(F)cc1)N1CCNCC1. The van der Waals surface area contributed by atoms with Crippen LogP contribution in [0.25, 0.3) is 0 Å². The van der Waals surface area contributed by atoms with Crippen molar-refractivity contribution in [2.45, 2.75) is 19.4 Å². The molecule has 0 unspecified atom stereocenters. The molecule has 0 bridgehead atoms. The van der Waals surface area contributed by atoms with Crippen molar-refractivity contribution in [1.29, 1.82) is 0 Å². The Morgan fingerprint density at radius 1 is 1.25 bits per heavy atom. The van der Waals surface area contributed by atoms with Gasteiger partial charge in [-0.2, -0.15) is 0 Å². The van der Waals surface area contributed by atoms with Crippen molar-refractivity contribution in [3.8, 4) is 0 Å². The third-order valence-corrected chi connectivity index (χ3v) is 3.23. The van der Waals surface area contributed by atoms with Crippen molar-refractivity contribution in [2.75, 3.05) is 26.2 Å². The molecule has 1 aliphatic heterocycles. The number of piperazine rings is 1. The third kappa shape index (κ3) is 2.60. The molecule has 16 heavy (non-hydrogen) atoms. The molecule has 1 aliphatic rings. The predicted octanol–water partition coefficient (Wildman–Crippen LogP) is 2.18. The standard InChI is InChI=1S/C13H19FN2/c1-2-13(16-9-7-15-8-10-16)11-3-5-12(14)6-4-11/h3-6,13,15H,2,7-10H2,1H3/t13-/m0/s1. The van der Waals surface area contributed by atoms with Crippen molar-refractivity contribution in [3.05, 3.63) is 35.6 Å². The summed E-state index contributed by atoms with van der Waals surface area (Å²) in [5.74, 6) is -0.154. The molecular weight excluding hydrogens is 203 g/mol. The Morgan fingerprint density at radius 3 is 2.44 bits per heavy atom. The maximum absolute atomic E-state index is 12.9. The van der Waals surface area contributed by atoms with E-state index in [1.54, 1.807) is 12.1 Å². The fourth-order valence-electron chi connectivity index (χ4n) is 2.38. The molecule has 3 heteroatoms. The monoisotopic (exact) mass is 222 g/mol. The topological polar surface area (TPSA) is 15.3 Å². The lowest BCUT2D eigenvalue weighted by molar-refractivity contribution is 0.169. The van der Waals surface area contributed by atoms with Gasteiger partial charge >= 0.3 is 0 Å². The van der Waals surface area contributed by atoms with Gasteiger partial charge < -0.3 is 5.32 Å². The summed E-state index contributed by atoms with van der Waals surface area (Å²) in [6, 6.07) is 7.36. The lowest BCUT2D eigenvalue weighted by atomic mass is 10.0. The lowest BCUT2D eigenvalue weighted by Crippen LogP contribution is -2.45. The van der Waals surface area contributed by atoms with E-state index in [9.17, 15) is 4.39 Å². The second-order valence-corrected chi connectivity index (χ2v) is 4.26. The molecule has 0 aromatic heterocycles. The average molecular weight is 222 g/mol. The van der Waals surface area contributed by atoms with E-state index in [2.05, 4.69) is 17.1 Å². The fourth-order valence-corrected chi connectivity index (χ4v) is 2.38. The van der Waals surface area contributed by atoms with Crippen LogP contribution in [0.1, 0.15) is 24.9 Å². The highest BCUT2D eigenvalue weighted by Gasteiger charge is 2.20. The second-order valence-electron chi connectivity index (χ2n) is 4.26. The van der Waals surface area contributed by atoms with Crippen LogP contribution in [0.15, 0.2) is 24.3 Å². The van der Waals surface area contributed by atoms with E-state index in [0.717, 1.165) is 32.6 Å². The van der Waals surface area contributed by atoms with Crippen molar-refractivity contribution in [2.24, 2.45) is 0 Å². The number of benzene rings is 1. The van der Waals surface area contributed by atoms with Crippen LogP contribution in [-0.2, 0) is 0 Å². The Labute approximate surface area is 96.5 Å². The van der Waals surface area contributed by atoms with E-state index < -0.39 is 0 Å². The summed E-state index contributed by atoms with van der Waals surface area (Å²) in [5, 5.41) is 3.35. The molecule has 0 radical (unpaired) electrons. The van der Waals surface area contributed by atoms with E-state index in [-0.39, 0.29) is 5.82 Å². The van der Waals surface area contributed by atoms with Crippen LogP contribution in [0.3, 0.4) is 0 Å². The molecule has 2 nitrogen and oxygen atoms in total. The van der Waals surface area contributed by atoms with Crippen LogP contribution >= 0.6 is 0 Å². The maximum atomic E-state index is 12.9. The number of nitrogens with one attached hydrogen (secondary N) is 1. The van der Waals surface area contributed by atoms with Gasteiger partial charge in [-0.25, -0.2) is 4.39 Å². The Morgan fingerprint density at radius 2 is 1.88 bits per heavy atom. The minimum absolute atomic E-state index is 0.154. The highest BCUT2D eigenvalue weighted by molar-refractivity contribution is 5.20. The van der Waals surface area contributed by atoms with Crippen LogP contribution in [0.4, 0.5) is 4.39 Å².